The first-order chi connectivity index (χ1) is 19.2. The Morgan fingerprint density at radius 2 is 1.62 bits per heavy atom. The molecule has 2 aliphatic rings. The molecule has 2 fully saturated rings. The van der Waals surface area contributed by atoms with Crippen molar-refractivity contribution >= 4 is 39.9 Å². The van der Waals surface area contributed by atoms with E-state index in [0.29, 0.717) is 24.9 Å². The quantitative estimate of drug-likeness (QED) is 0.428. The zero-order chi connectivity index (χ0) is 28.4. The standard InChI is InChI=1S/C33H43N5O2/c1-22-6-9-28(10-7-22)38-15-14-36(21-26(38)5)33(40)13-12-32(39)34-27-8-11-30-29(18-27)25(4)17-31(35-30)37-19-23(2)16-24(3)20-37/h6-11,17-18,23-24,26H,12-16,19-21H2,1-5H3,(H,34,39)/t23-,24+,26-/m1/s1. The van der Waals surface area contributed by atoms with Crippen LogP contribution in [0.4, 0.5) is 17.2 Å². The summed E-state index contributed by atoms with van der Waals surface area (Å²) >= 11 is 0. The van der Waals surface area contributed by atoms with Gasteiger partial charge in [-0.1, -0.05) is 31.5 Å². The minimum atomic E-state index is -0.141. The number of nitrogens with one attached hydrogen (secondary N) is 1. The minimum Gasteiger partial charge on any atom is -0.365 e. The molecule has 0 unspecified atom stereocenters. The lowest BCUT2D eigenvalue weighted by atomic mass is 9.92. The van der Waals surface area contributed by atoms with Crippen LogP contribution in [0.1, 0.15) is 51.2 Å². The SMILES string of the molecule is Cc1ccc(N2CCN(C(=O)CCC(=O)Nc3ccc4nc(N5C[C@H](C)C[C@H](C)C5)cc(C)c4c3)C[C@H]2C)cc1. The van der Waals surface area contributed by atoms with Crippen molar-refractivity contribution in [1.29, 1.82) is 0 Å². The Hall–Kier alpha value is -3.61. The van der Waals surface area contributed by atoms with E-state index in [1.165, 1.54) is 17.7 Å². The van der Waals surface area contributed by atoms with Crippen molar-refractivity contribution in [3.05, 3.63) is 59.7 Å². The second-order valence-corrected chi connectivity index (χ2v) is 12.1. The number of pyridine rings is 1. The topological polar surface area (TPSA) is 68.8 Å². The first-order valence-electron chi connectivity index (χ1n) is 14.7. The Kier molecular flexibility index (Phi) is 8.29. The van der Waals surface area contributed by atoms with Gasteiger partial charge in [-0.05, 0) is 81.0 Å². The highest BCUT2D eigenvalue weighted by Crippen LogP contribution is 2.29. The van der Waals surface area contributed by atoms with Crippen molar-refractivity contribution in [2.45, 2.75) is 59.9 Å². The molecule has 0 spiro atoms. The lowest BCUT2D eigenvalue weighted by Crippen LogP contribution is -2.53. The largest absolute Gasteiger partial charge is 0.365 e. The van der Waals surface area contributed by atoms with Gasteiger partial charge in [-0.3, -0.25) is 9.59 Å². The number of hydrogen-bond donors (Lipinski definition) is 1. The fraction of sp³-hybridized carbons (Fsp3) is 0.485. The second-order valence-electron chi connectivity index (χ2n) is 12.1. The van der Waals surface area contributed by atoms with E-state index in [0.717, 1.165) is 47.6 Å². The number of benzene rings is 2. The van der Waals surface area contributed by atoms with Crippen LogP contribution in [0.25, 0.3) is 10.9 Å². The lowest BCUT2D eigenvalue weighted by Gasteiger charge is -2.41. The van der Waals surface area contributed by atoms with Crippen LogP contribution in [0.15, 0.2) is 48.5 Å². The number of carbonyl (C=O) groups excluding carboxylic acids is 2. The molecular weight excluding hydrogens is 498 g/mol. The molecule has 212 valence electrons. The van der Waals surface area contributed by atoms with E-state index in [2.05, 4.69) is 80.1 Å². The number of aromatic nitrogens is 1. The number of aryl methyl sites for hydroxylation is 2. The highest BCUT2D eigenvalue weighted by molar-refractivity contribution is 5.96. The van der Waals surface area contributed by atoms with Crippen molar-refractivity contribution in [1.82, 2.24) is 9.88 Å². The zero-order valence-electron chi connectivity index (χ0n) is 24.6. The van der Waals surface area contributed by atoms with E-state index in [1.807, 2.05) is 23.1 Å². The molecule has 5 rings (SSSR count). The van der Waals surface area contributed by atoms with Gasteiger partial charge >= 0.3 is 0 Å². The summed E-state index contributed by atoms with van der Waals surface area (Å²) in [7, 11) is 0. The summed E-state index contributed by atoms with van der Waals surface area (Å²) in [5.74, 6) is 2.26. The highest BCUT2D eigenvalue weighted by atomic mass is 16.2. The molecule has 7 nitrogen and oxygen atoms in total. The maximum absolute atomic E-state index is 12.9. The van der Waals surface area contributed by atoms with Crippen LogP contribution >= 0.6 is 0 Å². The third kappa shape index (κ3) is 6.40. The van der Waals surface area contributed by atoms with Gasteiger partial charge in [0.05, 0.1) is 5.52 Å². The van der Waals surface area contributed by atoms with Crippen LogP contribution in [0.2, 0.25) is 0 Å². The summed E-state index contributed by atoms with van der Waals surface area (Å²) in [6, 6.07) is 16.8. The molecule has 7 heteroatoms. The van der Waals surface area contributed by atoms with Crippen LogP contribution in [0, 0.1) is 25.7 Å². The molecule has 3 aromatic rings. The van der Waals surface area contributed by atoms with E-state index in [4.69, 9.17) is 4.98 Å². The highest BCUT2D eigenvalue weighted by Gasteiger charge is 2.27. The molecule has 1 aromatic heterocycles. The molecule has 2 amide bonds. The van der Waals surface area contributed by atoms with Gasteiger partial charge in [-0.25, -0.2) is 4.98 Å². The maximum atomic E-state index is 12.9. The van der Waals surface area contributed by atoms with Crippen LogP contribution < -0.4 is 15.1 Å². The lowest BCUT2D eigenvalue weighted by molar-refractivity contribution is -0.133. The number of amides is 2. The summed E-state index contributed by atoms with van der Waals surface area (Å²) in [4.78, 5) is 37.3. The van der Waals surface area contributed by atoms with Crippen LogP contribution in [0.5, 0.6) is 0 Å². The van der Waals surface area contributed by atoms with Crippen LogP contribution in [-0.2, 0) is 9.59 Å². The Balaban J connectivity index is 1.15. The molecule has 3 atom stereocenters. The third-order valence-corrected chi connectivity index (χ3v) is 8.39. The van der Waals surface area contributed by atoms with E-state index < -0.39 is 0 Å². The third-order valence-electron chi connectivity index (χ3n) is 8.39. The van der Waals surface area contributed by atoms with Crippen molar-refractivity contribution < 1.29 is 9.59 Å². The molecule has 0 aliphatic carbocycles. The molecule has 40 heavy (non-hydrogen) atoms. The van der Waals surface area contributed by atoms with Crippen molar-refractivity contribution in [3.8, 4) is 0 Å². The van der Waals surface area contributed by atoms with Gasteiger partial charge in [0.2, 0.25) is 11.8 Å². The number of carbonyl (C=O) groups is 2. The molecule has 1 N–H and O–H groups in total. The van der Waals surface area contributed by atoms with E-state index in [1.54, 1.807) is 0 Å². The molecule has 0 bridgehead atoms. The Labute approximate surface area is 238 Å². The fourth-order valence-electron chi connectivity index (χ4n) is 6.37. The average molecular weight is 542 g/mol. The summed E-state index contributed by atoms with van der Waals surface area (Å²) in [6.45, 7) is 15.2. The Morgan fingerprint density at radius 1 is 0.900 bits per heavy atom. The van der Waals surface area contributed by atoms with Gasteiger partial charge < -0.3 is 20.0 Å². The number of hydrogen-bond acceptors (Lipinski definition) is 5. The van der Waals surface area contributed by atoms with Crippen LogP contribution in [0.3, 0.4) is 0 Å². The van der Waals surface area contributed by atoms with Gasteiger partial charge in [-0.2, -0.15) is 0 Å². The summed E-state index contributed by atoms with van der Waals surface area (Å²) in [6.07, 6.45) is 1.65. The first kappa shape index (κ1) is 27.9. The number of anilines is 3. The number of rotatable bonds is 6. The van der Waals surface area contributed by atoms with E-state index in [-0.39, 0.29) is 30.7 Å². The predicted octanol–water partition coefficient (Wildman–Crippen LogP) is 5.79. The Morgan fingerprint density at radius 3 is 2.33 bits per heavy atom. The van der Waals surface area contributed by atoms with Gasteiger partial charge in [0.1, 0.15) is 5.82 Å². The van der Waals surface area contributed by atoms with Crippen LogP contribution in [-0.4, -0.2) is 60.5 Å². The number of piperidine rings is 1. The Bertz CT molecular complexity index is 1360. The van der Waals surface area contributed by atoms with Gasteiger partial charge in [0.15, 0.2) is 0 Å². The molecule has 3 heterocycles. The monoisotopic (exact) mass is 541 g/mol. The number of piperazine rings is 1. The predicted molar refractivity (Wildman–Crippen MR) is 164 cm³/mol. The molecular formula is C33H43N5O2. The summed E-state index contributed by atoms with van der Waals surface area (Å²) in [5.41, 5.74) is 5.26. The average Bonchev–Trinajstić information content (AvgIpc) is 2.92. The van der Waals surface area contributed by atoms with E-state index >= 15 is 0 Å². The fourth-order valence-corrected chi connectivity index (χ4v) is 6.37. The van der Waals surface area contributed by atoms with E-state index in [9.17, 15) is 9.59 Å². The maximum Gasteiger partial charge on any atom is 0.224 e. The molecule has 2 aromatic carbocycles. The van der Waals surface area contributed by atoms with Crippen molar-refractivity contribution in [2.24, 2.45) is 11.8 Å². The molecule has 2 saturated heterocycles. The smallest absolute Gasteiger partial charge is 0.224 e. The normalized spacial score (nSPS) is 21.5. The summed E-state index contributed by atoms with van der Waals surface area (Å²) < 4.78 is 0. The first-order valence-corrected chi connectivity index (χ1v) is 14.7. The molecule has 2 aliphatic heterocycles. The van der Waals surface area contributed by atoms with Gasteiger partial charge in [0.25, 0.3) is 0 Å². The van der Waals surface area contributed by atoms with Gasteiger partial charge in [0, 0.05) is 68.4 Å². The zero-order valence-corrected chi connectivity index (χ0v) is 24.6. The van der Waals surface area contributed by atoms with Gasteiger partial charge in [-0.15, -0.1) is 0 Å². The minimum absolute atomic E-state index is 0.0398. The van der Waals surface area contributed by atoms with Crippen molar-refractivity contribution in [2.75, 3.05) is 47.8 Å². The number of nitrogens with zero attached hydrogens (tertiary/aromatic N) is 4. The second kappa shape index (κ2) is 11.9. The molecule has 0 saturated carbocycles. The van der Waals surface area contributed by atoms with Crippen molar-refractivity contribution in [3.63, 3.8) is 0 Å². The molecule has 0 radical (unpaired) electrons. The number of fused-ring (bicyclic) bond motifs is 1. The summed E-state index contributed by atoms with van der Waals surface area (Å²) in [5, 5.41) is 4.03.